The fourth-order valence-corrected chi connectivity index (χ4v) is 3.49. The lowest BCUT2D eigenvalue weighted by Gasteiger charge is -2.33. The molecule has 3 rings (SSSR count). The summed E-state index contributed by atoms with van der Waals surface area (Å²) in [6.07, 6.45) is -2.48. The Bertz CT molecular complexity index is 757. The molecular formula is C20H22F3N3S. The van der Waals surface area contributed by atoms with Crippen molar-refractivity contribution in [1.29, 1.82) is 0 Å². The number of nitrogens with zero attached hydrogens (tertiary/aromatic N) is 1. The predicted octanol–water partition coefficient (Wildman–Crippen LogP) is 4.66. The smallest absolute Gasteiger partial charge is 0.360 e. The average Bonchev–Trinajstić information content (AvgIpc) is 2.64. The Morgan fingerprint density at radius 1 is 1.04 bits per heavy atom. The molecule has 2 aromatic carbocycles. The summed E-state index contributed by atoms with van der Waals surface area (Å²) >= 11 is 5.27. The molecule has 0 unspecified atom stereocenters. The van der Waals surface area contributed by atoms with Gasteiger partial charge in [-0.3, -0.25) is 4.90 Å². The molecule has 1 fully saturated rings. The highest BCUT2D eigenvalue weighted by molar-refractivity contribution is 7.80. The van der Waals surface area contributed by atoms with Crippen LogP contribution in [0, 0.1) is 0 Å². The van der Waals surface area contributed by atoms with Gasteiger partial charge in [-0.05, 0) is 48.8 Å². The summed E-state index contributed by atoms with van der Waals surface area (Å²) in [5, 5.41) is 6.44. The van der Waals surface area contributed by atoms with Gasteiger partial charge in [0.2, 0.25) is 0 Å². The Morgan fingerprint density at radius 3 is 2.41 bits per heavy atom. The van der Waals surface area contributed by atoms with E-state index < -0.39 is 11.7 Å². The third kappa shape index (κ3) is 5.94. The van der Waals surface area contributed by atoms with Gasteiger partial charge in [-0.25, -0.2) is 0 Å². The van der Waals surface area contributed by atoms with Gasteiger partial charge in [-0.1, -0.05) is 36.4 Å². The van der Waals surface area contributed by atoms with E-state index in [1.165, 1.54) is 11.6 Å². The summed E-state index contributed by atoms with van der Waals surface area (Å²) in [5.41, 5.74) is 0.944. The summed E-state index contributed by atoms with van der Waals surface area (Å²) in [4.78, 5) is 2.40. The molecule has 0 spiro atoms. The van der Waals surface area contributed by atoms with Gasteiger partial charge in [0.1, 0.15) is 0 Å². The third-order valence-corrected chi connectivity index (χ3v) is 4.84. The summed E-state index contributed by atoms with van der Waals surface area (Å²) in [7, 11) is 0. The van der Waals surface area contributed by atoms with Crippen molar-refractivity contribution < 1.29 is 13.2 Å². The maximum Gasteiger partial charge on any atom is 0.416 e. The zero-order chi connectivity index (χ0) is 19.3. The van der Waals surface area contributed by atoms with Gasteiger partial charge >= 0.3 is 6.18 Å². The summed E-state index contributed by atoms with van der Waals surface area (Å²) in [6, 6.07) is 15.6. The Morgan fingerprint density at radius 2 is 1.74 bits per heavy atom. The van der Waals surface area contributed by atoms with Crippen LogP contribution in [0.3, 0.4) is 0 Å². The van der Waals surface area contributed by atoms with Crippen molar-refractivity contribution in [2.45, 2.75) is 31.6 Å². The quantitative estimate of drug-likeness (QED) is 0.739. The lowest BCUT2D eigenvalue weighted by Crippen LogP contribution is -2.45. The van der Waals surface area contributed by atoms with Crippen LogP contribution in [-0.2, 0) is 12.7 Å². The molecule has 1 aliphatic rings. The molecule has 0 aliphatic carbocycles. The molecule has 0 radical (unpaired) electrons. The lowest BCUT2D eigenvalue weighted by molar-refractivity contribution is -0.137. The largest absolute Gasteiger partial charge is 0.416 e. The van der Waals surface area contributed by atoms with E-state index in [1.807, 2.05) is 18.2 Å². The van der Waals surface area contributed by atoms with Crippen LogP contribution in [-0.4, -0.2) is 29.1 Å². The van der Waals surface area contributed by atoms with Crippen molar-refractivity contribution in [2.24, 2.45) is 0 Å². The number of thiocarbonyl (C=S) groups is 1. The van der Waals surface area contributed by atoms with Gasteiger partial charge < -0.3 is 10.6 Å². The first kappa shape index (κ1) is 19.6. The van der Waals surface area contributed by atoms with Crippen LogP contribution < -0.4 is 10.6 Å². The normalized spacial score (nSPS) is 16.1. The standard InChI is InChI=1S/C20H22F3N3S/c21-20(22,23)16-7-4-8-18(13-16)25-19(27)24-17-9-11-26(12-10-17)14-15-5-2-1-3-6-15/h1-8,13,17H,9-12,14H2,(H2,24,25,27). The number of nitrogens with one attached hydrogen (secondary N) is 2. The number of hydrogen-bond acceptors (Lipinski definition) is 2. The molecule has 1 saturated heterocycles. The molecule has 144 valence electrons. The highest BCUT2D eigenvalue weighted by Gasteiger charge is 2.30. The summed E-state index contributed by atoms with van der Waals surface area (Å²) in [5.74, 6) is 0. The number of halogens is 3. The van der Waals surface area contributed by atoms with Crippen molar-refractivity contribution in [3.63, 3.8) is 0 Å². The van der Waals surface area contributed by atoms with Crippen LogP contribution in [0.4, 0.5) is 18.9 Å². The minimum Gasteiger partial charge on any atom is -0.360 e. The number of rotatable bonds is 4. The number of alkyl halides is 3. The Kier molecular flexibility index (Phi) is 6.34. The first-order chi connectivity index (χ1) is 12.9. The minimum atomic E-state index is -4.36. The first-order valence-electron chi connectivity index (χ1n) is 8.91. The third-order valence-electron chi connectivity index (χ3n) is 4.62. The second-order valence-electron chi connectivity index (χ2n) is 6.71. The maximum absolute atomic E-state index is 12.8. The SMILES string of the molecule is FC(F)(F)c1cccc(NC(=S)NC2CCN(Cc3ccccc3)CC2)c1. The number of likely N-dealkylation sites (tertiary alicyclic amines) is 1. The van der Waals surface area contributed by atoms with Gasteiger partial charge in [0.15, 0.2) is 5.11 Å². The zero-order valence-corrected chi connectivity index (χ0v) is 15.6. The summed E-state index contributed by atoms with van der Waals surface area (Å²) in [6.45, 7) is 2.85. The molecule has 27 heavy (non-hydrogen) atoms. The van der Waals surface area contributed by atoms with Crippen LogP contribution >= 0.6 is 12.2 Å². The van der Waals surface area contributed by atoms with E-state index in [-0.39, 0.29) is 6.04 Å². The van der Waals surface area contributed by atoms with Gasteiger partial charge in [-0.15, -0.1) is 0 Å². The van der Waals surface area contributed by atoms with Crippen molar-refractivity contribution in [3.05, 3.63) is 65.7 Å². The van der Waals surface area contributed by atoms with E-state index in [9.17, 15) is 13.2 Å². The molecule has 0 amide bonds. The number of anilines is 1. The van der Waals surface area contributed by atoms with Gasteiger partial charge in [-0.2, -0.15) is 13.2 Å². The maximum atomic E-state index is 12.8. The lowest BCUT2D eigenvalue weighted by atomic mass is 10.0. The molecule has 7 heteroatoms. The molecule has 0 atom stereocenters. The first-order valence-corrected chi connectivity index (χ1v) is 9.32. The second-order valence-corrected chi connectivity index (χ2v) is 7.12. The molecule has 3 nitrogen and oxygen atoms in total. The van der Waals surface area contributed by atoms with Crippen LogP contribution in [0.5, 0.6) is 0 Å². The Balaban J connectivity index is 1.46. The number of piperidine rings is 1. The molecule has 0 aromatic heterocycles. The molecule has 2 aromatic rings. The van der Waals surface area contributed by atoms with Gasteiger partial charge in [0, 0.05) is 31.4 Å². The fraction of sp³-hybridized carbons (Fsp3) is 0.350. The van der Waals surface area contributed by atoms with Gasteiger partial charge in [0.25, 0.3) is 0 Å². The molecule has 0 saturated carbocycles. The average molecular weight is 393 g/mol. The number of benzene rings is 2. The monoisotopic (exact) mass is 393 g/mol. The second kappa shape index (κ2) is 8.71. The predicted molar refractivity (Wildman–Crippen MR) is 106 cm³/mol. The van der Waals surface area contributed by atoms with E-state index in [1.54, 1.807) is 6.07 Å². The van der Waals surface area contributed by atoms with Gasteiger partial charge in [0.05, 0.1) is 5.56 Å². The minimum absolute atomic E-state index is 0.225. The van der Waals surface area contributed by atoms with Crippen molar-refractivity contribution in [3.8, 4) is 0 Å². The van der Waals surface area contributed by atoms with E-state index in [4.69, 9.17) is 12.2 Å². The van der Waals surface area contributed by atoms with E-state index in [0.29, 0.717) is 10.8 Å². The van der Waals surface area contributed by atoms with Crippen molar-refractivity contribution >= 4 is 23.0 Å². The molecule has 1 aliphatic heterocycles. The molecule has 0 bridgehead atoms. The molecule has 2 N–H and O–H groups in total. The van der Waals surface area contributed by atoms with Crippen LogP contribution in [0.25, 0.3) is 0 Å². The van der Waals surface area contributed by atoms with E-state index >= 15 is 0 Å². The van der Waals surface area contributed by atoms with Crippen LogP contribution in [0.2, 0.25) is 0 Å². The topological polar surface area (TPSA) is 27.3 Å². The van der Waals surface area contributed by atoms with Crippen LogP contribution in [0.15, 0.2) is 54.6 Å². The molecular weight excluding hydrogens is 371 g/mol. The van der Waals surface area contributed by atoms with Crippen molar-refractivity contribution in [2.75, 3.05) is 18.4 Å². The summed E-state index contributed by atoms with van der Waals surface area (Å²) < 4.78 is 38.4. The van der Waals surface area contributed by atoms with Crippen molar-refractivity contribution in [1.82, 2.24) is 10.2 Å². The zero-order valence-electron chi connectivity index (χ0n) is 14.8. The van der Waals surface area contributed by atoms with E-state index in [0.717, 1.165) is 44.6 Å². The highest BCUT2D eigenvalue weighted by atomic mass is 32.1. The molecule has 1 heterocycles. The Labute approximate surface area is 162 Å². The fourth-order valence-electron chi connectivity index (χ4n) is 3.20. The Hall–Kier alpha value is -2.12. The number of hydrogen-bond donors (Lipinski definition) is 2. The highest BCUT2D eigenvalue weighted by Crippen LogP contribution is 2.30. The van der Waals surface area contributed by atoms with Crippen LogP contribution in [0.1, 0.15) is 24.0 Å². The van der Waals surface area contributed by atoms with E-state index in [2.05, 4.69) is 27.7 Å².